The van der Waals surface area contributed by atoms with Crippen LogP contribution in [0.1, 0.15) is 50.9 Å². The van der Waals surface area contributed by atoms with Crippen molar-refractivity contribution in [1.29, 1.82) is 0 Å². The van der Waals surface area contributed by atoms with E-state index < -0.39 is 0 Å². The van der Waals surface area contributed by atoms with Crippen LogP contribution in [-0.4, -0.2) is 24.3 Å². The van der Waals surface area contributed by atoms with Crippen molar-refractivity contribution in [1.82, 2.24) is 24.3 Å². The Morgan fingerprint density at radius 3 is 2.42 bits per heavy atom. The minimum absolute atomic E-state index is 0.0493. The van der Waals surface area contributed by atoms with Crippen molar-refractivity contribution in [3.8, 4) is 10.8 Å². The van der Waals surface area contributed by atoms with Crippen molar-refractivity contribution in [2.75, 3.05) is 0 Å². The van der Waals surface area contributed by atoms with Crippen molar-refractivity contribution in [3.63, 3.8) is 0 Å². The third kappa shape index (κ3) is 3.81. The lowest BCUT2D eigenvalue weighted by Crippen LogP contribution is -2.25. The molecule has 0 saturated carbocycles. The number of aromatic nitrogens is 5. The van der Waals surface area contributed by atoms with E-state index in [2.05, 4.69) is 32.7 Å². The van der Waals surface area contributed by atoms with Gasteiger partial charge in [-0.3, -0.25) is 4.79 Å². The fourth-order valence-electron chi connectivity index (χ4n) is 2.64. The van der Waals surface area contributed by atoms with Crippen LogP contribution >= 0.6 is 22.7 Å². The van der Waals surface area contributed by atoms with Gasteiger partial charge in [-0.2, -0.15) is 0 Å². The summed E-state index contributed by atoms with van der Waals surface area (Å²) < 4.78 is 3.82. The molecule has 0 saturated heterocycles. The summed E-state index contributed by atoms with van der Waals surface area (Å²) in [4.78, 5) is 21.4. The minimum Gasteiger partial charge on any atom is -0.303 e. The summed E-state index contributed by atoms with van der Waals surface area (Å²) in [6, 6.07) is 0.181. The van der Waals surface area contributed by atoms with E-state index >= 15 is 0 Å². The van der Waals surface area contributed by atoms with Crippen LogP contribution in [-0.2, 0) is 13.0 Å². The summed E-state index contributed by atoms with van der Waals surface area (Å²) in [5, 5.41) is 9.52. The second-order valence-corrected chi connectivity index (χ2v) is 9.36. The second-order valence-electron chi connectivity index (χ2n) is 7.68. The molecule has 3 heterocycles. The quantitative estimate of drug-likeness (QED) is 0.657. The van der Waals surface area contributed by atoms with Gasteiger partial charge in [-0.25, -0.2) is 14.6 Å². The first-order chi connectivity index (χ1) is 12.2. The van der Waals surface area contributed by atoms with E-state index in [1.54, 1.807) is 15.9 Å². The van der Waals surface area contributed by atoms with Gasteiger partial charge in [-0.15, -0.1) is 16.4 Å². The molecule has 26 heavy (non-hydrogen) atoms. The van der Waals surface area contributed by atoms with Crippen LogP contribution in [0.3, 0.4) is 0 Å². The average molecular weight is 392 g/mol. The zero-order chi connectivity index (χ0) is 19.1. The number of hydrogen-bond donors (Lipinski definition) is 0. The largest absolute Gasteiger partial charge is 0.307 e. The molecule has 8 heteroatoms. The van der Waals surface area contributed by atoms with Gasteiger partial charge in [0.25, 0.3) is 0 Å². The molecule has 0 aliphatic heterocycles. The molecule has 0 fully saturated rings. The molecule has 1 unspecified atom stereocenters. The SMILES string of the molecule is Cc1csc(-c2nc(CCn3c(C)csc3=O)n(C(C)C(C)(C)C)n2)n1. The molecule has 0 amide bonds. The molecule has 0 spiro atoms. The topological polar surface area (TPSA) is 65.6 Å². The van der Waals surface area contributed by atoms with Crippen molar-refractivity contribution in [3.05, 3.63) is 37.6 Å². The van der Waals surface area contributed by atoms with E-state index in [0.717, 1.165) is 22.2 Å². The molecule has 6 nitrogen and oxygen atoms in total. The maximum atomic E-state index is 12.0. The summed E-state index contributed by atoms with van der Waals surface area (Å²) in [7, 11) is 0. The standard InChI is InChI=1S/C18H25N5OS2/c1-11-9-25-16(19-11)15-20-14(23(21-15)13(3)18(4,5)6)7-8-22-12(2)10-26-17(22)24/h9-10,13H,7-8H2,1-6H3. The van der Waals surface area contributed by atoms with Crippen LogP contribution in [0.2, 0.25) is 0 Å². The summed E-state index contributed by atoms with van der Waals surface area (Å²) in [6.07, 6.45) is 0.662. The van der Waals surface area contributed by atoms with Gasteiger partial charge in [0, 0.05) is 35.1 Å². The van der Waals surface area contributed by atoms with E-state index in [-0.39, 0.29) is 16.3 Å². The molecule has 0 aliphatic rings. The first-order valence-corrected chi connectivity index (χ1v) is 10.5. The predicted octanol–water partition coefficient (Wildman–Crippen LogP) is 4.09. The average Bonchev–Trinajstić information content (AvgIpc) is 3.24. The van der Waals surface area contributed by atoms with Crippen molar-refractivity contribution in [2.24, 2.45) is 5.41 Å². The molecule has 3 aromatic heterocycles. The van der Waals surface area contributed by atoms with Gasteiger partial charge in [-0.05, 0) is 26.2 Å². The Hall–Kier alpha value is -1.80. The Morgan fingerprint density at radius 1 is 1.15 bits per heavy atom. The predicted molar refractivity (Wildman–Crippen MR) is 107 cm³/mol. The maximum Gasteiger partial charge on any atom is 0.307 e. The van der Waals surface area contributed by atoms with Gasteiger partial charge >= 0.3 is 4.87 Å². The minimum atomic E-state index is 0.0493. The van der Waals surface area contributed by atoms with Gasteiger partial charge in [-0.1, -0.05) is 32.1 Å². The van der Waals surface area contributed by atoms with Crippen molar-refractivity contribution < 1.29 is 0 Å². The van der Waals surface area contributed by atoms with Crippen LogP contribution in [0.15, 0.2) is 15.6 Å². The summed E-state index contributed by atoms with van der Waals surface area (Å²) in [6.45, 7) is 13.3. The Balaban J connectivity index is 1.96. The summed E-state index contributed by atoms with van der Waals surface area (Å²) in [5.74, 6) is 1.57. The first-order valence-electron chi connectivity index (χ1n) is 8.69. The van der Waals surface area contributed by atoms with Crippen molar-refractivity contribution >= 4 is 22.7 Å². The highest BCUT2D eigenvalue weighted by molar-refractivity contribution is 7.13. The third-order valence-electron chi connectivity index (χ3n) is 4.67. The normalized spacial score (nSPS) is 13.3. The molecule has 3 rings (SSSR count). The molecular formula is C18H25N5OS2. The number of rotatable bonds is 5. The Kier molecular flexibility index (Phi) is 5.16. The molecule has 3 aromatic rings. The highest BCUT2D eigenvalue weighted by atomic mass is 32.1. The van der Waals surface area contributed by atoms with E-state index in [4.69, 9.17) is 10.1 Å². The lowest BCUT2D eigenvalue weighted by Gasteiger charge is -2.28. The van der Waals surface area contributed by atoms with Gasteiger partial charge in [0.15, 0.2) is 5.01 Å². The Bertz CT molecular complexity index is 957. The van der Waals surface area contributed by atoms with E-state index in [0.29, 0.717) is 18.8 Å². The summed E-state index contributed by atoms with van der Waals surface area (Å²) in [5.41, 5.74) is 2.02. The zero-order valence-corrected chi connectivity index (χ0v) is 17.7. The highest BCUT2D eigenvalue weighted by Gasteiger charge is 2.26. The van der Waals surface area contributed by atoms with Gasteiger partial charge in [0.1, 0.15) is 5.82 Å². The molecule has 0 aliphatic carbocycles. The van der Waals surface area contributed by atoms with Crippen LogP contribution < -0.4 is 4.87 Å². The highest BCUT2D eigenvalue weighted by Crippen LogP contribution is 2.31. The second kappa shape index (κ2) is 7.08. The molecule has 0 bridgehead atoms. The maximum absolute atomic E-state index is 12.0. The number of nitrogens with zero attached hydrogens (tertiary/aromatic N) is 5. The van der Waals surface area contributed by atoms with Gasteiger partial charge in [0.05, 0.1) is 6.04 Å². The molecule has 0 radical (unpaired) electrons. The Morgan fingerprint density at radius 2 is 1.88 bits per heavy atom. The molecule has 140 valence electrons. The lowest BCUT2D eigenvalue weighted by molar-refractivity contribution is 0.238. The van der Waals surface area contributed by atoms with E-state index in [1.807, 2.05) is 29.3 Å². The smallest absolute Gasteiger partial charge is 0.303 e. The van der Waals surface area contributed by atoms with Gasteiger partial charge < -0.3 is 4.57 Å². The Labute approximate surface area is 161 Å². The first kappa shape index (κ1) is 19.0. The third-order valence-corrected chi connectivity index (χ3v) is 6.50. The van der Waals surface area contributed by atoms with Crippen LogP contribution in [0.4, 0.5) is 0 Å². The number of aryl methyl sites for hydroxylation is 3. The van der Waals surface area contributed by atoms with Crippen LogP contribution in [0.25, 0.3) is 10.8 Å². The lowest BCUT2D eigenvalue weighted by atomic mass is 9.88. The van der Waals surface area contributed by atoms with Crippen molar-refractivity contribution in [2.45, 2.75) is 60.5 Å². The molecule has 1 atom stereocenters. The van der Waals surface area contributed by atoms with E-state index in [9.17, 15) is 4.79 Å². The molecular weight excluding hydrogens is 366 g/mol. The monoisotopic (exact) mass is 391 g/mol. The fraction of sp³-hybridized carbons (Fsp3) is 0.556. The summed E-state index contributed by atoms with van der Waals surface area (Å²) >= 11 is 2.80. The van der Waals surface area contributed by atoms with Crippen LogP contribution in [0, 0.1) is 19.3 Å². The molecule has 0 N–H and O–H groups in total. The fourth-order valence-corrected chi connectivity index (χ4v) is 4.12. The zero-order valence-electron chi connectivity index (χ0n) is 16.1. The molecule has 0 aromatic carbocycles. The number of hydrogen-bond acceptors (Lipinski definition) is 6. The van der Waals surface area contributed by atoms with Crippen LogP contribution in [0.5, 0.6) is 0 Å². The van der Waals surface area contributed by atoms with Gasteiger partial charge in [0.2, 0.25) is 5.82 Å². The number of thiazole rings is 2. The van der Waals surface area contributed by atoms with E-state index in [1.165, 1.54) is 11.3 Å².